The van der Waals surface area contributed by atoms with Gasteiger partial charge in [0.05, 0.1) is 11.6 Å². The van der Waals surface area contributed by atoms with E-state index in [2.05, 4.69) is 11.4 Å². The first-order chi connectivity index (χ1) is 9.26. The van der Waals surface area contributed by atoms with E-state index in [0.717, 1.165) is 18.4 Å². The minimum absolute atomic E-state index is 0.186. The Morgan fingerprint density at radius 2 is 1.95 bits per heavy atom. The number of piperidine rings is 1. The number of nitrogens with zero attached hydrogens (tertiary/aromatic N) is 1. The zero-order valence-electron chi connectivity index (χ0n) is 10.9. The zero-order chi connectivity index (χ0) is 13.2. The molecule has 3 heteroatoms. The lowest BCUT2D eigenvalue weighted by molar-refractivity contribution is -0.123. The third-order valence-corrected chi connectivity index (χ3v) is 4.43. The van der Waals surface area contributed by atoms with Crippen LogP contribution in [-0.4, -0.2) is 17.9 Å². The van der Waals surface area contributed by atoms with Crippen LogP contribution in [0.2, 0.25) is 0 Å². The molecule has 0 aliphatic carbocycles. The summed E-state index contributed by atoms with van der Waals surface area (Å²) in [7, 11) is 0. The van der Waals surface area contributed by atoms with Gasteiger partial charge in [-0.1, -0.05) is 18.2 Å². The lowest BCUT2D eigenvalue weighted by atomic mass is 9.86. The molecule has 0 amide bonds. The van der Waals surface area contributed by atoms with Crippen molar-refractivity contribution in [2.45, 2.75) is 44.2 Å². The number of hydrogen-bond donors (Lipinski definition) is 1. The predicted octanol–water partition coefficient (Wildman–Crippen LogP) is 2.20. The molecule has 0 radical (unpaired) electrons. The van der Waals surface area contributed by atoms with Crippen molar-refractivity contribution in [3.8, 4) is 6.07 Å². The van der Waals surface area contributed by atoms with Gasteiger partial charge >= 0.3 is 0 Å². The summed E-state index contributed by atoms with van der Waals surface area (Å²) in [6.45, 7) is 0. The summed E-state index contributed by atoms with van der Waals surface area (Å²) in [5, 5.41) is 12.6. The summed E-state index contributed by atoms with van der Waals surface area (Å²) in [6.07, 6.45) is 4.79. The second-order valence-corrected chi connectivity index (χ2v) is 5.72. The maximum atomic E-state index is 12.4. The van der Waals surface area contributed by atoms with Gasteiger partial charge in [0.25, 0.3) is 0 Å². The van der Waals surface area contributed by atoms with Crippen LogP contribution in [0.25, 0.3) is 0 Å². The summed E-state index contributed by atoms with van der Waals surface area (Å²) in [5.74, 6) is 0.492. The van der Waals surface area contributed by atoms with Gasteiger partial charge in [0.15, 0.2) is 0 Å². The Hall–Kier alpha value is -1.66. The summed E-state index contributed by atoms with van der Waals surface area (Å²) < 4.78 is 0. The number of carbonyl (C=O) groups is 1. The van der Waals surface area contributed by atoms with E-state index >= 15 is 0 Å². The fraction of sp³-hybridized carbons (Fsp3) is 0.500. The molecule has 2 unspecified atom stereocenters. The van der Waals surface area contributed by atoms with Gasteiger partial charge in [-0.2, -0.15) is 5.26 Å². The molecular weight excluding hydrogens is 236 g/mol. The third-order valence-electron chi connectivity index (χ3n) is 4.43. The molecule has 2 heterocycles. The first-order valence-corrected chi connectivity index (χ1v) is 7.03. The van der Waals surface area contributed by atoms with E-state index in [0.29, 0.717) is 29.9 Å². The molecular formula is C16H18N2O. The second kappa shape index (κ2) is 5.14. The second-order valence-electron chi connectivity index (χ2n) is 5.72. The highest BCUT2D eigenvalue weighted by Crippen LogP contribution is 2.32. The van der Waals surface area contributed by atoms with Crippen LogP contribution < -0.4 is 5.32 Å². The van der Waals surface area contributed by atoms with Crippen LogP contribution in [0.4, 0.5) is 0 Å². The minimum atomic E-state index is 0.186. The topological polar surface area (TPSA) is 52.9 Å². The molecule has 19 heavy (non-hydrogen) atoms. The van der Waals surface area contributed by atoms with Crippen molar-refractivity contribution >= 4 is 5.78 Å². The van der Waals surface area contributed by atoms with Crippen LogP contribution in [0.15, 0.2) is 24.3 Å². The molecule has 1 N–H and O–H groups in total. The summed E-state index contributed by atoms with van der Waals surface area (Å²) in [5.41, 5.74) is 1.51. The van der Waals surface area contributed by atoms with Crippen LogP contribution >= 0.6 is 0 Å². The van der Waals surface area contributed by atoms with E-state index < -0.39 is 0 Å². The van der Waals surface area contributed by atoms with Crippen molar-refractivity contribution in [3.63, 3.8) is 0 Å². The van der Waals surface area contributed by atoms with Crippen LogP contribution in [0.5, 0.6) is 0 Å². The number of carbonyl (C=O) groups excluding carboxylic acids is 1. The first kappa shape index (κ1) is 12.4. The van der Waals surface area contributed by atoms with E-state index in [1.807, 2.05) is 18.2 Å². The molecule has 2 atom stereocenters. The third kappa shape index (κ3) is 2.54. The highest BCUT2D eigenvalue weighted by atomic mass is 16.1. The molecule has 2 bridgehead atoms. The molecule has 98 valence electrons. The monoisotopic (exact) mass is 254 g/mol. The van der Waals surface area contributed by atoms with Gasteiger partial charge in [0.1, 0.15) is 5.78 Å². The predicted molar refractivity (Wildman–Crippen MR) is 72.5 cm³/mol. The van der Waals surface area contributed by atoms with Crippen LogP contribution in [-0.2, 0) is 11.2 Å². The lowest BCUT2D eigenvalue weighted by Crippen LogP contribution is -2.40. The van der Waals surface area contributed by atoms with Gasteiger partial charge in [-0.05, 0) is 37.3 Å². The summed E-state index contributed by atoms with van der Waals surface area (Å²) >= 11 is 0. The van der Waals surface area contributed by atoms with Crippen molar-refractivity contribution in [1.82, 2.24) is 5.32 Å². The van der Waals surface area contributed by atoms with E-state index in [4.69, 9.17) is 5.26 Å². The highest BCUT2D eigenvalue weighted by Gasteiger charge is 2.36. The smallest absolute Gasteiger partial charge is 0.140 e. The summed E-state index contributed by atoms with van der Waals surface area (Å²) in [6, 6.07) is 10.7. The van der Waals surface area contributed by atoms with Crippen molar-refractivity contribution in [2.75, 3.05) is 0 Å². The minimum Gasteiger partial charge on any atom is -0.311 e. The number of benzene rings is 1. The Labute approximate surface area is 113 Å². The molecule has 0 aromatic heterocycles. The Kier molecular flexibility index (Phi) is 3.35. The molecule has 0 spiro atoms. The lowest BCUT2D eigenvalue weighted by Gasteiger charge is -2.28. The summed E-state index contributed by atoms with van der Waals surface area (Å²) in [4.78, 5) is 12.4. The van der Waals surface area contributed by atoms with Crippen LogP contribution in [0.1, 0.15) is 36.8 Å². The molecule has 2 fully saturated rings. The largest absolute Gasteiger partial charge is 0.311 e. The van der Waals surface area contributed by atoms with E-state index in [1.54, 1.807) is 6.07 Å². The number of rotatable bonds is 3. The molecule has 2 aliphatic rings. The normalized spacial score (nSPS) is 28.9. The number of nitriles is 1. The van der Waals surface area contributed by atoms with Gasteiger partial charge in [0.2, 0.25) is 0 Å². The molecule has 3 rings (SSSR count). The Morgan fingerprint density at radius 3 is 2.63 bits per heavy atom. The zero-order valence-corrected chi connectivity index (χ0v) is 10.9. The average molecular weight is 254 g/mol. The van der Waals surface area contributed by atoms with E-state index in [1.165, 1.54) is 12.8 Å². The molecule has 0 saturated carbocycles. The molecule has 2 saturated heterocycles. The fourth-order valence-electron chi connectivity index (χ4n) is 3.44. The molecule has 3 nitrogen and oxygen atoms in total. The number of fused-ring (bicyclic) bond motifs is 2. The van der Waals surface area contributed by atoms with Crippen molar-refractivity contribution < 1.29 is 4.79 Å². The van der Waals surface area contributed by atoms with Gasteiger partial charge < -0.3 is 5.32 Å². The number of ketones is 1. The van der Waals surface area contributed by atoms with Crippen molar-refractivity contribution in [3.05, 3.63) is 35.4 Å². The van der Waals surface area contributed by atoms with Gasteiger partial charge in [0, 0.05) is 24.4 Å². The number of hydrogen-bond acceptors (Lipinski definition) is 3. The average Bonchev–Trinajstić information content (AvgIpc) is 2.78. The van der Waals surface area contributed by atoms with Gasteiger partial charge in [-0.3, -0.25) is 4.79 Å². The fourth-order valence-corrected chi connectivity index (χ4v) is 3.44. The molecule has 1 aromatic rings. The standard InChI is InChI=1S/C16H18N2O/c17-10-12-4-2-1-3-11(12)9-16(19)13-7-14-5-6-15(8-13)18-14/h1-4,13-15,18H,5-9H2. The Balaban J connectivity index is 1.70. The quantitative estimate of drug-likeness (QED) is 0.899. The van der Waals surface area contributed by atoms with Gasteiger partial charge in [-0.15, -0.1) is 0 Å². The van der Waals surface area contributed by atoms with E-state index in [9.17, 15) is 4.79 Å². The number of Topliss-reactive ketones (excluding diaryl/α,β-unsaturated/α-hetero) is 1. The Morgan fingerprint density at radius 1 is 1.26 bits per heavy atom. The molecule has 1 aromatic carbocycles. The number of nitrogens with one attached hydrogen (secondary N) is 1. The Bertz CT molecular complexity index is 520. The van der Waals surface area contributed by atoms with Crippen LogP contribution in [0, 0.1) is 17.2 Å². The first-order valence-electron chi connectivity index (χ1n) is 7.03. The van der Waals surface area contributed by atoms with Crippen LogP contribution in [0.3, 0.4) is 0 Å². The van der Waals surface area contributed by atoms with Crippen molar-refractivity contribution in [1.29, 1.82) is 5.26 Å². The van der Waals surface area contributed by atoms with Gasteiger partial charge in [-0.25, -0.2) is 0 Å². The maximum Gasteiger partial charge on any atom is 0.140 e. The highest BCUT2D eigenvalue weighted by molar-refractivity contribution is 5.84. The van der Waals surface area contributed by atoms with E-state index in [-0.39, 0.29) is 5.92 Å². The van der Waals surface area contributed by atoms with Crippen molar-refractivity contribution in [2.24, 2.45) is 5.92 Å². The maximum absolute atomic E-state index is 12.4. The SMILES string of the molecule is N#Cc1ccccc1CC(=O)C1CC2CCC(C1)N2. The molecule has 2 aliphatic heterocycles.